The van der Waals surface area contributed by atoms with E-state index >= 15 is 0 Å². The predicted octanol–water partition coefficient (Wildman–Crippen LogP) is 3.69. The lowest BCUT2D eigenvalue weighted by Gasteiger charge is -2.08. The highest BCUT2D eigenvalue weighted by molar-refractivity contribution is 7.99. The van der Waals surface area contributed by atoms with Gasteiger partial charge in [0.05, 0.1) is 18.1 Å². The van der Waals surface area contributed by atoms with Crippen molar-refractivity contribution in [2.24, 2.45) is 0 Å². The number of carbonyl (C=O) groups excluding carboxylic acids is 2. The lowest BCUT2D eigenvalue weighted by molar-refractivity contribution is -0.113. The Kier molecular flexibility index (Phi) is 8.17. The zero-order chi connectivity index (χ0) is 23.1. The fourth-order valence-corrected chi connectivity index (χ4v) is 4.35. The Bertz CT molecular complexity index is 1080. The highest BCUT2D eigenvalue weighted by Gasteiger charge is 2.18. The molecular formula is C20H22FN5O4S2. The van der Waals surface area contributed by atoms with Gasteiger partial charge in [-0.25, -0.2) is 14.2 Å². The minimum Gasteiger partial charge on any atom is -0.486 e. The molecule has 3 rings (SSSR count). The first-order chi connectivity index (χ1) is 15.4. The number of esters is 1. The van der Waals surface area contributed by atoms with Gasteiger partial charge in [-0.2, -0.15) is 0 Å². The fourth-order valence-electron chi connectivity index (χ4n) is 2.65. The van der Waals surface area contributed by atoms with Crippen molar-refractivity contribution in [1.82, 2.24) is 19.7 Å². The van der Waals surface area contributed by atoms with Crippen LogP contribution in [0.3, 0.4) is 0 Å². The number of amides is 1. The molecule has 170 valence electrons. The van der Waals surface area contributed by atoms with E-state index in [0.29, 0.717) is 39.0 Å². The highest BCUT2D eigenvalue weighted by Crippen LogP contribution is 2.24. The lowest BCUT2D eigenvalue weighted by Crippen LogP contribution is -2.14. The third kappa shape index (κ3) is 6.04. The van der Waals surface area contributed by atoms with Crippen LogP contribution in [0.2, 0.25) is 0 Å². The number of aryl methyl sites for hydroxylation is 1. The standard InChI is InChI=1S/C20H22FN5O4S2/c1-4-26-15(10-30-14-8-6-13(21)7-9-14)24-25-20(26)31-11-16(27)23-19-22-12(3)17(32-19)18(28)29-5-2/h6-9H,4-5,10-11H2,1-3H3,(H,22,23,27). The quantitative estimate of drug-likeness (QED) is 0.346. The highest BCUT2D eigenvalue weighted by atomic mass is 32.2. The van der Waals surface area contributed by atoms with Crippen LogP contribution in [0.1, 0.15) is 35.0 Å². The molecule has 0 aliphatic carbocycles. The second-order valence-corrected chi connectivity index (χ2v) is 8.32. The third-order valence-electron chi connectivity index (χ3n) is 4.13. The summed E-state index contributed by atoms with van der Waals surface area (Å²) in [4.78, 5) is 28.8. The van der Waals surface area contributed by atoms with E-state index in [4.69, 9.17) is 9.47 Å². The Morgan fingerprint density at radius 3 is 2.66 bits per heavy atom. The molecule has 0 atom stereocenters. The van der Waals surface area contributed by atoms with E-state index in [-0.39, 0.29) is 30.7 Å². The molecule has 3 aromatic rings. The van der Waals surface area contributed by atoms with Crippen LogP contribution in [0.25, 0.3) is 0 Å². The van der Waals surface area contributed by atoms with Gasteiger partial charge < -0.3 is 19.4 Å². The molecule has 0 saturated carbocycles. The second-order valence-electron chi connectivity index (χ2n) is 6.38. The molecular weight excluding hydrogens is 457 g/mol. The van der Waals surface area contributed by atoms with Crippen molar-refractivity contribution >= 4 is 40.1 Å². The summed E-state index contributed by atoms with van der Waals surface area (Å²) < 4.78 is 25.5. The molecule has 0 aliphatic heterocycles. The van der Waals surface area contributed by atoms with Crippen molar-refractivity contribution in [3.8, 4) is 5.75 Å². The van der Waals surface area contributed by atoms with Crippen LogP contribution >= 0.6 is 23.1 Å². The first-order valence-corrected chi connectivity index (χ1v) is 11.6. The Morgan fingerprint density at radius 2 is 1.97 bits per heavy atom. The molecule has 1 amide bonds. The summed E-state index contributed by atoms with van der Waals surface area (Å²) in [5.74, 6) is 0.124. The number of ether oxygens (including phenoxy) is 2. The normalized spacial score (nSPS) is 10.8. The first kappa shape index (κ1) is 23.7. The molecule has 0 radical (unpaired) electrons. The summed E-state index contributed by atoms with van der Waals surface area (Å²) in [7, 11) is 0. The number of nitrogens with one attached hydrogen (secondary N) is 1. The predicted molar refractivity (Wildman–Crippen MR) is 119 cm³/mol. The number of nitrogens with zero attached hydrogens (tertiary/aromatic N) is 4. The van der Waals surface area contributed by atoms with Crippen LogP contribution in [0.5, 0.6) is 5.75 Å². The van der Waals surface area contributed by atoms with E-state index in [0.717, 1.165) is 11.3 Å². The van der Waals surface area contributed by atoms with E-state index in [2.05, 4.69) is 20.5 Å². The number of hydrogen-bond acceptors (Lipinski definition) is 9. The summed E-state index contributed by atoms with van der Waals surface area (Å²) in [6, 6.07) is 5.71. The van der Waals surface area contributed by atoms with Crippen molar-refractivity contribution < 1.29 is 23.5 Å². The summed E-state index contributed by atoms with van der Waals surface area (Å²) in [5, 5.41) is 11.9. The number of rotatable bonds is 10. The molecule has 0 fully saturated rings. The fraction of sp³-hybridized carbons (Fsp3) is 0.350. The van der Waals surface area contributed by atoms with Gasteiger partial charge >= 0.3 is 5.97 Å². The van der Waals surface area contributed by atoms with E-state index < -0.39 is 5.97 Å². The maximum atomic E-state index is 13.0. The Morgan fingerprint density at radius 1 is 1.22 bits per heavy atom. The minimum atomic E-state index is -0.455. The first-order valence-electron chi connectivity index (χ1n) is 9.78. The number of carbonyl (C=O) groups is 2. The molecule has 9 nitrogen and oxygen atoms in total. The van der Waals surface area contributed by atoms with Gasteiger partial charge in [-0.15, -0.1) is 10.2 Å². The second kappa shape index (κ2) is 11.0. The number of aromatic nitrogens is 4. The van der Waals surface area contributed by atoms with E-state index in [1.54, 1.807) is 13.8 Å². The smallest absolute Gasteiger partial charge is 0.350 e. The Labute approximate surface area is 192 Å². The molecule has 12 heteroatoms. The van der Waals surface area contributed by atoms with E-state index in [1.165, 1.54) is 36.0 Å². The minimum absolute atomic E-state index is 0.0876. The molecule has 0 unspecified atom stereocenters. The SMILES string of the molecule is CCOC(=O)c1sc(NC(=O)CSc2nnc(COc3ccc(F)cc3)n2CC)nc1C. The summed E-state index contributed by atoms with van der Waals surface area (Å²) in [6.07, 6.45) is 0. The van der Waals surface area contributed by atoms with Gasteiger partial charge in [0.25, 0.3) is 0 Å². The zero-order valence-electron chi connectivity index (χ0n) is 17.8. The van der Waals surface area contributed by atoms with Crippen LogP contribution in [-0.2, 0) is 22.7 Å². The molecule has 1 N–H and O–H groups in total. The van der Waals surface area contributed by atoms with Gasteiger partial charge in [-0.05, 0) is 45.0 Å². The monoisotopic (exact) mass is 479 g/mol. The molecule has 2 aromatic heterocycles. The van der Waals surface area contributed by atoms with Crippen LogP contribution < -0.4 is 10.1 Å². The van der Waals surface area contributed by atoms with Crippen molar-refractivity contribution in [2.45, 2.75) is 39.1 Å². The van der Waals surface area contributed by atoms with Gasteiger partial charge in [0.15, 0.2) is 16.1 Å². The molecule has 0 spiro atoms. The Balaban J connectivity index is 1.56. The maximum Gasteiger partial charge on any atom is 0.350 e. The Hall–Kier alpha value is -2.99. The topological polar surface area (TPSA) is 108 Å². The average Bonchev–Trinajstić information content (AvgIpc) is 3.34. The number of benzene rings is 1. The van der Waals surface area contributed by atoms with E-state index in [1.807, 2.05) is 11.5 Å². The van der Waals surface area contributed by atoms with Crippen LogP contribution in [0.15, 0.2) is 29.4 Å². The van der Waals surface area contributed by atoms with Gasteiger partial charge in [0.2, 0.25) is 5.91 Å². The number of halogens is 1. The third-order valence-corrected chi connectivity index (χ3v) is 6.15. The maximum absolute atomic E-state index is 13.0. The van der Waals surface area contributed by atoms with Crippen molar-refractivity contribution in [2.75, 3.05) is 17.7 Å². The molecule has 0 saturated heterocycles. The number of anilines is 1. The van der Waals surface area contributed by atoms with Gasteiger partial charge in [0.1, 0.15) is 23.1 Å². The summed E-state index contributed by atoms with van der Waals surface area (Å²) in [6.45, 7) is 6.37. The average molecular weight is 480 g/mol. The lowest BCUT2D eigenvalue weighted by atomic mass is 10.3. The van der Waals surface area contributed by atoms with Crippen molar-refractivity contribution in [3.63, 3.8) is 0 Å². The van der Waals surface area contributed by atoms with Crippen molar-refractivity contribution in [1.29, 1.82) is 0 Å². The van der Waals surface area contributed by atoms with E-state index in [9.17, 15) is 14.0 Å². The number of thiazole rings is 1. The number of thioether (sulfide) groups is 1. The summed E-state index contributed by atoms with van der Waals surface area (Å²) in [5.41, 5.74) is 0.507. The number of hydrogen-bond donors (Lipinski definition) is 1. The van der Waals surface area contributed by atoms with Gasteiger partial charge in [-0.1, -0.05) is 23.1 Å². The van der Waals surface area contributed by atoms with Crippen molar-refractivity contribution in [3.05, 3.63) is 46.5 Å². The zero-order valence-corrected chi connectivity index (χ0v) is 19.4. The molecule has 1 aromatic carbocycles. The molecule has 0 aliphatic rings. The molecule has 32 heavy (non-hydrogen) atoms. The van der Waals surface area contributed by atoms with Gasteiger partial charge in [0, 0.05) is 6.54 Å². The van der Waals surface area contributed by atoms with Crippen LogP contribution in [0.4, 0.5) is 9.52 Å². The summed E-state index contributed by atoms with van der Waals surface area (Å²) >= 11 is 2.30. The molecule has 2 heterocycles. The largest absolute Gasteiger partial charge is 0.486 e. The van der Waals surface area contributed by atoms with Crippen LogP contribution in [-0.4, -0.2) is 44.0 Å². The molecule has 0 bridgehead atoms. The van der Waals surface area contributed by atoms with Crippen LogP contribution in [0, 0.1) is 12.7 Å². The van der Waals surface area contributed by atoms with Gasteiger partial charge in [-0.3, -0.25) is 4.79 Å².